The van der Waals surface area contributed by atoms with Crippen LogP contribution in [0.15, 0.2) is 65.5 Å². The van der Waals surface area contributed by atoms with Gasteiger partial charge in [0.1, 0.15) is 17.6 Å². The van der Waals surface area contributed by atoms with Crippen molar-refractivity contribution in [1.82, 2.24) is 10.6 Å². The number of amides is 2. The molecule has 1 aromatic heterocycles. The zero-order chi connectivity index (χ0) is 35.1. The number of carbonyl (C=O) groups is 2. The number of halogens is 1. The highest BCUT2D eigenvalue weighted by Gasteiger charge is 2.32. The summed E-state index contributed by atoms with van der Waals surface area (Å²) in [6.07, 6.45) is 3.78. The minimum Gasteiger partial charge on any atom is -0.493 e. The van der Waals surface area contributed by atoms with E-state index in [1.54, 1.807) is 31.8 Å². The third-order valence-corrected chi connectivity index (χ3v) is 8.51. The maximum absolute atomic E-state index is 13.5. The predicted molar refractivity (Wildman–Crippen MR) is 182 cm³/mol. The van der Waals surface area contributed by atoms with Gasteiger partial charge in [0.15, 0.2) is 0 Å². The van der Waals surface area contributed by atoms with Gasteiger partial charge in [0, 0.05) is 43.7 Å². The molecule has 0 aliphatic carbocycles. The summed E-state index contributed by atoms with van der Waals surface area (Å²) in [5.41, 5.74) is 9.75. The molecule has 3 aromatic rings. The first kappa shape index (κ1) is 38.7. The minimum absolute atomic E-state index is 0.0718. The number of aliphatic hydroxyl groups excluding tert-OH is 1. The highest BCUT2D eigenvalue weighted by molar-refractivity contribution is 5.88. The van der Waals surface area contributed by atoms with Crippen molar-refractivity contribution in [2.75, 3.05) is 26.9 Å². The normalized spacial score (nSPS) is 14.6. The van der Waals surface area contributed by atoms with Crippen LogP contribution in [0.2, 0.25) is 0 Å². The van der Waals surface area contributed by atoms with Crippen LogP contribution in [0, 0.1) is 23.6 Å². The van der Waals surface area contributed by atoms with Crippen LogP contribution >= 0.6 is 0 Å². The number of aliphatic hydroxyl groups is 1. The zero-order valence-electron chi connectivity index (χ0n) is 28.7. The largest absolute Gasteiger partial charge is 0.493 e. The molecular formula is C37H52FN3O7. The number of nitrogens with two attached hydrogens (primary N) is 1. The lowest BCUT2D eigenvalue weighted by Crippen LogP contribution is -2.52. The fourth-order valence-electron chi connectivity index (χ4n) is 5.22. The van der Waals surface area contributed by atoms with Crippen LogP contribution in [-0.2, 0) is 32.2 Å². The smallest absolute Gasteiger partial charge is 0.243 e. The van der Waals surface area contributed by atoms with E-state index in [-0.39, 0.29) is 55.6 Å². The molecule has 0 saturated heterocycles. The molecule has 1 heterocycles. The lowest BCUT2D eigenvalue weighted by Gasteiger charge is -2.29. The Morgan fingerprint density at radius 1 is 1.02 bits per heavy atom. The molecule has 2 aromatic carbocycles. The summed E-state index contributed by atoms with van der Waals surface area (Å²) in [6.45, 7) is 9.25. The first-order valence-corrected chi connectivity index (χ1v) is 16.6. The average Bonchev–Trinajstić information content (AvgIpc) is 3.62. The van der Waals surface area contributed by atoms with E-state index in [1.807, 2.05) is 52.0 Å². The fraction of sp³-hybridized carbons (Fsp3) is 0.514. The highest BCUT2D eigenvalue weighted by Crippen LogP contribution is 2.32. The van der Waals surface area contributed by atoms with E-state index in [1.165, 1.54) is 12.1 Å². The van der Waals surface area contributed by atoms with Gasteiger partial charge in [-0.25, -0.2) is 4.39 Å². The molecule has 0 spiro atoms. The van der Waals surface area contributed by atoms with E-state index >= 15 is 0 Å². The summed E-state index contributed by atoms with van der Waals surface area (Å²) in [7, 11) is 1.65. The van der Waals surface area contributed by atoms with Crippen LogP contribution in [0.25, 0.3) is 11.1 Å². The van der Waals surface area contributed by atoms with E-state index in [4.69, 9.17) is 24.4 Å². The van der Waals surface area contributed by atoms with Crippen LogP contribution in [-0.4, -0.2) is 62.0 Å². The molecule has 3 rings (SSSR count). The standard InChI is InChI=1S/C37H52FN3O7/c1-6-25(4)35(37(44)40-20-26-8-11-29(38)12-9-26)41-36(43)31(24(2)3)19-33(42)32(39)23-47-21-27-10-13-30(28-14-17-46-22-28)34(18-27)48-16-7-15-45-5/h8-14,17-18,22,24-25,31-33,35,42H,6-7,15-16,19-21,23,39H2,1-5H3,(H,40,44)(H,41,43)/t25-,31-,32-,33-,35-/m0/s1. The maximum atomic E-state index is 13.5. The molecule has 10 nitrogen and oxygen atoms in total. The first-order valence-electron chi connectivity index (χ1n) is 16.6. The molecule has 5 atom stereocenters. The summed E-state index contributed by atoms with van der Waals surface area (Å²) in [5, 5.41) is 16.8. The number of benzene rings is 2. The highest BCUT2D eigenvalue weighted by atomic mass is 19.1. The number of hydrogen-bond acceptors (Lipinski definition) is 8. The number of carbonyl (C=O) groups excluding carboxylic acids is 2. The van der Waals surface area contributed by atoms with Crippen LogP contribution in [0.3, 0.4) is 0 Å². The van der Waals surface area contributed by atoms with Crippen molar-refractivity contribution in [3.63, 3.8) is 0 Å². The third-order valence-electron chi connectivity index (χ3n) is 8.51. The van der Waals surface area contributed by atoms with Crippen LogP contribution in [0.4, 0.5) is 4.39 Å². The topological polar surface area (TPSA) is 145 Å². The van der Waals surface area contributed by atoms with E-state index in [0.29, 0.717) is 25.4 Å². The summed E-state index contributed by atoms with van der Waals surface area (Å²) in [6, 6.07) is 12.0. The molecule has 2 amide bonds. The zero-order valence-corrected chi connectivity index (χ0v) is 28.7. The monoisotopic (exact) mass is 669 g/mol. The molecule has 0 bridgehead atoms. The number of furan rings is 1. The number of methoxy groups -OCH3 is 1. The summed E-state index contributed by atoms with van der Waals surface area (Å²) in [5.74, 6) is -1.15. The van der Waals surface area contributed by atoms with Crippen molar-refractivity contribution >= 4 is 11.8 Å². The molecule has 0 fully saturated rings. The maximum Gasteiger partial charge on any atom is 0.243 e. The van der Waals surface area contributed by atoms with Gasteiger partial charge in [0.2, 0.25) is 11.8 Å². The Labute approximate surface area is 283 Å². The molecule has 0 aliphatic heterocycles. The lowest BCUT2D eigenvalue weighted by molar-refractivity contribution is -0.134. The molecule has 11 heteroatoms. The van der Waals surface area contributed by atoms with Gasteiger partial charge in [0.05, 0.1) is 44.5 Å². The van der Waals surface area contributed by atoms with Gasteiger partial charge in [0.25, 0.3) is 0 Å². The summed E-state index contributed by atoms with van der Waals surface area (Å²) >= 11 is 0. The number of nitrogens with one attached hydrogen (secondary N) is 2. The van der Waals surface area contributed by atoms with E-state index in [2.05, 4.69) is 10.6 Å². The van der Waals surface area contributed by atoms with Crippen molar-refractivity contribution < 1.29 is 37.7 Å². The Bertz CT molecular complexity index is 1380. The Hall–Kier alpha value is -3.77. The molecular weight excluding hydrogens is 617 g/mol. The summed E-state index contributed by atoms with van der Waals surface area (Å²) < 4.78 is 35.6. The second kappa shape index (κ2) is 19.9. The quantitative estimate of drug-likeness (QED) is 0.113. The molecule has 0 aliphatic rings. The Kier molecular flexibility index (Phi) is 16.0. The number of rotatable bonds is 21. The van der Waals surface area contributed by atoms with Crippen molar-refractivity contribution in [1.29, 1.82) is 0 Å². The minimum atomic E-state index is -1.01. The Morgan fingerprint density at radius 3 is 2.40 bits per heavy atom. The van der Waals surface area contributed by atoms with Gasteiger partial charge in [-0.05, 0) is 53.6 Å². The van der Waals surface area contributed by atoms with Gasteiger partial charge in [-0.2, -0.15) is 0 Å². The molecule has 0 radical (unpaired) electrons. The number of hydrogen-bond donors (Lipinski definition) is 4. The van der Waals surface area contributed by atoms with Gasteiger partial charge in [-0.15, -0.1) is 0 Å². The van der Waals surface area contributed by atoms with Gasteiger partial charge < -0.3 is 40.1 Å². The second-order valence-electron chi connectivity index (χ2n) is 12.6. The molecule has 48 heavy (non-hydrogen) atoms. The van der Waals surface area contributed by atoms with Gasteiger partial charge in [-0.3, -0.25) is 9.59 Å². The number of ether oxygens (including phenoxy) is 3. The first-order chi connectivity index (χ1) is 23.0. The van der Waals surface area contributed by atoms with Crippen LogP contribution in [0.1, 0.15) is 58.1 Å². The Morgan fingerprint density at radius 2 is 1.75 bits per heavy atom. The van der Waals surface area contributed by atoms with Crippen molar-refractivity contribution in [2.24, 2.45) is 23.5 Å². The van der Waals surface area contributed by atoms with E-state index in [9.17, 15) is 19.1 Å². The third kappa shape index (κ3) is 12.0. The van der Waals surface area contributed by atoms with E-state index in [0.717, 1.165) is 28.7 Å². The predicted octanol–water partition coefficient (Wildman–Crippen LogP) is 5.22. The van der Waals surface area contributed by atoms with Crippen molar-refractivity contribution in [3.8, 4) is 16.9 Å². The fourth-order valence-corrected chi connectivity index (χ4v) is 5.22. The van der Waals surface area contributed by atoms with Crippen molar-refractivity contribution in [2.45, 2.75) is 78.3 Å². The van der Waals surface area contributed by atoms with Crippen LogP contribution in [0.5, 0.6) is 5.75 Å². The van der Waals surface area contributed by atoms with Gasteiger partial charge >= 0.3 is 0 Å². The molecule has 5 N–H and O–H groups in total. The van der Waals surface area contributed by atoms with Gasteiger partial charge in [-0.1, -0.05) is 58.4 Å². The molecule has 264 valence electrons. The lowest BCUT2D eigenvalue weighted by atomic mass is 9.86. The van der Waals surface area contributed by atoms with E-state index < -0.39 is 24.1 Å². The SMILES string of the molecule is CC[C@H](C)[C@H](NC(=O)[C@@H](C[C@H](O)[C@@H](N)COCc1ccc(-c2ccoc2)c(OCCCOC)c1)C(C)C)C(=O)NCc1ccc(F)cc1. The molecule has 0 saturated carbocycles. The van der Waals surface area contributed by atoms with Crippen LogP contribution < -0.4 is 21.1 Å². The second-order valence-corrected chi connectivity index (χ2v) is 12.6. The summed E-state index contributed by atoms with van der Waals surface area (Å²) in [4.78, 5) is 26.7. The average molecular weight is 670 g/mol. The van der Waals surface area contributed by atoms with Crippen molar-refractivity contribution in [3.05, 3.63) is 78.0 Å². The molecule has 0 unspecified atom stereocenters. The Balaban J connectivity index is 1.56.